The van der Waals surface area contributed by atoms with Gasteiger partial charge in [0.05, 0.1) is 4.90 Å². The number of nitrogens with zero attached hydrogens (tertiary/aromatic N) is 1. The van der Waals surface area contributed by atoms with Gasteiger partial charge in [0.2, 0.25) is 10.0 Å². The molecule has 0 aromatic heterocycles. The van der Waals surface area contributed by atoms with Crippen molar-refractivity contribution >= 4 is 15.7 Å². The van der Waals surface area contributed by atoms with Crippen molar-refractivity contribution in [1.29, 1.82) is 0 Å². The fourth-order valence-corrected chi connectivity index (χ4v) is 4.52. The second kappa shape index (κ2) is 5.69. The Hall–Kier alpha value is -1.14. The Morgan fingerprint density at radius 3 is 2.45 bits per heavy atom. The van der Waals surface area contributed by atoms with Crippen LogP contribution < -0.4 is 5.73 Å². The molecule has 6 heteroatoms. The van der Waals surface area contributed by atoms with Gasteiger partial charge in [-0.05, 0) is 31.9 Å². The lowest BCUT2D eigenvalue weighted by Gasteiger charge is -2.27. The molecular weight excluding hydrogens is 279 g/mol. The molecular formula is C14H21FN2O2S. The fourth-order valence-electron chi connectivity index (χ4n) is 2.78. The molecule has 0 aliphatic heterocycles. The molecule has 1 aliphatic carbocycles. The highest BCUT2D eigenvalue weighted by atomic mass is 32.2. The molecule has 1 saturated carbocycles. The van der Waals surface area contributed by atoms with Crippen molar-refractivity contribution in [3.8, 4) is 0 Å². The molecule has 0 bridgehead atoms. The van der Waals surface area contributed by atoms with Crippen LogP contribution in [0.1, 0.15) is 38.2 Å². The van der Waals surface area contributed by atoms with Gasteiger partial charge in [0.1, 0.15) is 5.82 Å². The minimum absolute atomic E-state index is 0.0237. The van der Waals surface area contributed by atoms with Gasteiger partial charge in [-0.3, -0.25) is 0 Å². The molecule has 20 heavy (non-hydrogen) atoms. The second-order valence-electron chi connectivity index (χ2n) is 5.27. The van der Waals surface area contributed by atoms with Crippen LogP contribution in [0.5, 0.6) is 0 Å². The molecule has 0 saturated heterocycles. The molecule has 2 rings (SSSR count). The van der Waals surface area contributed by atoms with E-state index in [1.807, 2.05) is 6.92 Å². The summed E-state index contributed by atoms with van der Waals surface area (Å²) in [6, 6.07) is 2.44. The van der Waals surface area contributed by atoms with Gasteiger partial charge in [-0.1, -0.05) is 19.8 Å². The van der Waals surface area contributed by atoms with Crippen molar-refractivity contribution in [2.45, 2.75) is 50.5 Å². The van der Waals surface area contributed by atoms with Crippen LogP contribution in [-0.4, -0.2) is 25.3 Å². The van der Waals surface area contributed by atoms with Crippen LogP contribution in [0.3, 0.4) is 0 Å². The van der Waals surface area contributed by atoms with E-state index in [0.717, 1.165) is 31.7 Å². The molecule has 1 aromatic carbocycles. The van der Waals surface area contributed by atoms with Crippen LogP contribution in [-0.2, 0) is 10.0 Å². The first-order valence-electron chi connectivity index (χ1n) is 6.95. The van der Waals surface area contributed by atoms with E-state index in [0.29, 0.717) is 6.54 Å². The van der Waals surface area contributed by atoms with Crippen molar-refractivity contribution in [2.24, 2.45) is 0 Å². The minimum atomic E-state index is -3.68. The normalized spacial score (nSPS) is 17.0. The topological polar surface area (TPSA) is 63.4 Å². The Morgan fingerprint density at radius 2 is 1.95 bits per heavy atom. The van der Waals surface area contributed by atoms with Gasteiger partial charge >= 0.3 is 0 Å². The molecule has 0 atom stereocenters. The highest BCUT2D eigenvalue weighted by Crippen LogP contribution is 2.30. The van der Waals surface area contributed by atoms with Crippen LogP contribution in [0.4, 0.5) is 10.1 Å². The monoisotopic (exact) mass is 300 g/mol. The lowest BCUT2D eigenvalue weighted by atomic mass is 10.2. The zero-order chi connectivity index (χ0) is 14.9. The van der Waals surface area contributed by atoms with E-state index in [-0.39, 0.29) is 22.2 Å². The number of hydrogen-bond donors (Lipinski definition) is 1. The molecule has 0 unspecified atom stereocenters. The van der Waals surface area contributed by atoms with E-state index in [1.54, 1.807) is 0 Å². The average Bonchev–Trinajstić information content (AvgIpc) is 2.89. The molecule has 4 nitrogen and oxygen atoms in total. The molecule has 1 fully saturated rings. The Kier molecular flexibility index (Phi) is 4.34. The molecule has 0 heterocycles. The molecule has 112 valence electrons. The number of benzene rings is 1. The Balaban J connectivity index is 2.42. The third kappa shape index (κ3) is 2.67. The lowest BCUT2D eigenvalue weighted by molar-refractivity contribution is 0.335. The number of hydrogen-bond acceptors (Lipinski definition) is 3. The fraction of sp³-hybridized carbons (Fsp3) is 0.571. The zero-order valence-corrected chi connectivity index (χ0v) is 12.7. The summed E-state index contributed by atoms with van der Waals surface area (Å²) in [5.41, 5.74) is 6.15. The van der Waals surface area contributed by atoms with Crippen molar-refractivity contribution in [3.63, 3.8) is 0 Å². The van der Waals surface area contributed by atoms with Gasteiger partial charge in [-0.2, -0.15) is 4.31 Å². The van der Waals surface area contributed by atoms with Crippen LogP contribution >= 0.6 is 0 Å². The summed E-state index contributed by atoms with van der Waals surface area (Å²) in [7, 11) is -3.68. The van der Waals surface area contributed by atoms with Gasteiger partial charge in [0.25, 0.3) is 0 Å². The predicted molar refractivity (Wildman–Crippen MR) is 77.4 cm³/mol. The summed E-state index contributed by atoms with van der Waals surface area (Å²) in [5.74, 6) is -0.578. The number of halogens is 1. The highest BCUT2D eigenvalue weighted by Gasteiger charge is 2.32. The summed E-state index contributed by atoms with van der Waals surface area (Å²) < 4.78 is 40.6. The van der Waals surface area contributed by atoms with Crippen molar-refractivity contribution in [1.82, 2.24) is 4.31 Å². The van der Waals surface area contributed by atoms with Crippen LogP contribution in [0, 0.1) is 12.7 Å². The van der Waals surface area contributed by atoms with Crippen molar-refractivity contribution in [2.75, 3.05) is 12.3 Å². The Bertz CT molecular complexity index is 572. The predicted octanol–water partition coefficient (Wildman–Crippen LogP) is 2.67. The molecule has 1 aromatic rings. The van der Waals surface area contributed by atoms with E-state index in [4.69, 9.17) is 5.73 Å². The first-order chi connectivity index (χ1) is 9.37. The molecule has 1 aliphatic rings. The third-order valence-electron chi connectivity index (χ3n) is 4.01. The molecule has 2 N–H and O–H groups in total. The van der Waals surface area contributed by atoms with Crippen molar-refractivity contribution < 1.29 is 12.8 Å². The van der Waals surface area contributed by atoms with E-state index < -0.39 is 15.8 Å². The van der Waals surface area contributed by atoms with Gasteiger partial charge < -0.3 is 5.73 Å². The van der Waals surface area contributed by atoms with E-state index in [9.17, 15) is 12.8 Å². The maximum Gasteiger partial charge on any atom is 0.243 e. The number of anilines is 1. The van der Waals surface area contributed by atoms with Crippen LogP contribution in [0.25, 0.3) is 0 Å². The highest BCUT2D eigenvalue weighted by molar-refractivity contribution is 7.89. The Morgan fingerprint density at radius 1 is 1.35 bits per heavy atom. The lowest BCUT2D eigenvalue weighted by Crippen LogP contribution is -2.38. The summed E-state index contributed by atoms with van der Waals surface area (Å²) in [6.45, 7) is 3.74. The number of sulfonamides is 1. The number of nitrogen functional groups attached to an aromatic ring is 1. The quantitative estimate of drug-likeness (QED) is 0.870. The molecule has 0 radical (unpaired) electrons. The summed E-state index contributed by atoms with van der Waals surface area (Å²) in [5, 5.41) is 0. The van der Waals surface area contributed by atoms with E-state index in [1.165, 1.54) is 17.3 Å². The zero-order valence-electron chi connectivity index (χ0n) is 11.9. The Labute approximate surface area is 119 Å². The maximum atomic E-state index is 13.8. The van der Waals surface area contributed by atoms with Crippen molar-refractivity contribution in [3.05, 3.63) is 23.5 Å². The second-order valence-corrected chi connectivity index (χ2v) is 7.16. The minimum Gasteiger partial charge on any atom is -0.398 e. The summed E-state index contributed by atoms with van der Waals surface area (Å²) in [6.07, 6.45) is 3.83. The standard InChI is InChI=1S/C14H21FN2O2S/c1-3-17(11-6-4-5-7-11)20(18,19)12-8-13(15)10(2)14(16)9-12/h8-9,11H,3-7,16H2,1-2H3. The van der Waals surface area contributed by atoms with E-state index >= 15 is 0 Å². The van der Waals surface area contributed by atoms with Gasteiger partial charge in [-0.25, -0.2) is 12.8 Å². The van der Waals surface area contributed by atoms with Gasteiger partial charge in [0, 0.05) is 23.8 Å². The maximum absolute atomic E-state index is 13.8. The smallest absolute Gasteiger partial charge is 0.243 e. The first kappa shape index (κ1) is 15.3. The SMILES string of the molecule is CCN(C1CCCC1)S(=O)(=O)c1cc(N)c(C)c(F)c1. The largest absolute Gasteiger partial charge is 0.398 e. The molecule has 0 spiro atoms. The number of rotatable bonds is 4. The summed E-state index contributed by atoms with van der Waals surface area (Å²) >= 11 is 0. The van der Waals surface area contributed by atoms with Gasteiger partial charge in [-0.15, -0.1) is 0 Å². The van der Waals surface area contributed by atoms with Crippen LogP contribution in [0.15, 0.2) is 17.0 Å². The average molecular weight is 300 g/mol. The van der Waals surface area contributed by atoms with Gasteiger partial charge in [0.15, 0.2) is 0 Å². The van der Waals surface area contributed by atoms with E-state index in [2.05, 4.69) is 0 Å². The van der Waals surface area contributed by atoms with Crippen LogP contribution in [0.2, 0.25) is 0 Å². The third-order valence-corrected chi connectivity index (χ3v) is 6.01. The first-order valence-corrected chi connectivity index (χ1v) is 8.39. The molecule has 0 amide bonds. The summed E-state index contributed by atoms with van der Waals surface area (Å²) in [4.78, 5) is -0.0492. The number of nitrogens with two attached hydrogens (primary N) is 1.